The van der Waals surface area contributed by atoms with E-state index in [0.29, 0.717) is 12.6 Å². The first-order valence-corrected chi connectivity index (χ1v) is 10.4. The van der Waals surface area contributed by atoms with Gasteiger partial charge in [0.05, 0.1) is 19.7 Å². The monoisotopic (exact) mass is 387 g/mol. The van der Waals surface area contributed by atoms with Gasteiger partial charge in [-0.1, -0.05) is 6.92 Å². The topological polar surface area (TPSA) is 61.9 Å². The second kappa shape index (κ2) is 9.41. The van der Waals surface area contributed by atoms with E-state index in [9.17, 15) is 9.59 Å². The highest BCUT2D eigenvalue weighted by Gasteiger charge is 2.34. The van der Waals surface area contributed by atoms with Crippen molar-refractivity contribution in [3.05, 3.63) is 24.3 Å². The van der Waals surface area contributed by atoms with Gasteiger partial charge in [0.15, 0.2) is 0 Å². The predicted octanol–water partition coefficient (Wildman–Crippen LogP) is 3.14. The molecule has 28 heavy (non-hydrogen) atoms. The number of nitrogens with zero attached hydrogens (tertiary/aromatic N) is 2. The van der Waals surface area contributed by atoms with Crippen LogP contribution >= 0.6 is 0 Å². The van der Waals surface area contributed by atoms with Crippen LogP contribution in [0.3, 0.4) is 0 Å². The first-order chi connectivity index (χ1) is 13.5. The van der Waals surface area contributed by atoms with E-state index in [4.69, 9.17) is 4.74 Å². The van der Waals surface area contributed by atoms with Gasteiger partial charge in [-0.05, 0) is 75.3 Å². The van der Waals surface area contributed by atoms with Gasteiger partial charge in [-0.3, -0.25) is 14.5 Å². The second-order valence-electron chi connectivity index (χ2n) is 8.26. The predicted molar refractivity (Wildman–Crippen MR) is 110 cm³/mol. The van der Waals surface area contributed by atoms with E-state index in [2.05, 4.69) is 12.2 Å². The Bertz CT molecular complexity index is 668. The van der Waals surface area contributed by atoms with Crippen LogP contribution in [-0.4, -0.2) is 60.9 Å². The highest BCUT2D eigenvalue weighted by molar-refractivity contribution is 5.95. The van der Waals surface area contributed by atoms with Gasteiger partial charge in [-0.25, -0.2) is 0 Å². The molecular weight excluding hydrogens is 354 g/mol. The van der Waals surface area contributed by atoms with Gasteiger partial charge in [0.25, 0.3) is 0 Å². The van der Waals surface area contributed by atoms with Crippen LogP contribution in [0.1, 0.15) is 45.4 Å². The fraction of sp³-hybridized carbons (Fsp3) is 0.636. The number of rotatable bonds is 6. The standard InChI is InChI=1S/C22H33N3O3/c1-16-6-10-18(11-7-16)24(2)21(26)15-25-14-4-5-20(25)22(27)23-17-8-12-19(28-3)13-9-17/h8-9,12-13,16,18,20H,4-7,10-11,14-15H2,1-3H3,(H,23,27). The van der Waals surface area contributed by atoms with E-state index < -0.39 is 0 Å². The van der Waals surface area contributed by atoms with E-state index in [1.807, 2.05) is 41.1 Å². The number of methoxy groups -OCH3 is 1. The number of hydrogen-bond donors (Lipinski definition) is 1. The Balaban J connectivity index is 1.54. The molecule has 6 nitrogen and oxygen atoms in total. The summed E-state index contributed by atoms with van der Waals surface area (Å²) in [6, 6.07) is 7.42. The molecule has 1 N–H and O–H groups in total. The molecule has 2 amide bonds. The van der Waals surface area contributed by atoms with Gasteiger partial charge in [0.1, 0.15) is 5.75 Å². The summed E-state index contributed by atoms with van der Waals surface area (Å²) in [5, 5.41) is 2.97. The molecule has 1 aliphatic heterocycles. The molecule has 3 rings (SSSR count). The van der Waals surface area contributed by atoms with Gasteiger partial charge in [0, 0.05) is 18.8 Å². The minimum atomic E-state index is -0.245. The molecule has 1 atom stereocenters. The molecule has 154 valence electrons. The molecule has 1 saturated carbocycles. The Hall–Kier alpha value is -2.08. The number of hydrogen-bond acceptors (Lipinski definition) is 4. The number of anilines is 1. The highest BCUT2D eigenvalue weighted by atomic mass is 16.5. The molecule has 1 heterocycles. The number of benzene rings is 1. The molecule has 2 aliphatic rings. The van der Waals surface area contributed by atoms with Crippen LogP contribution in [0.5, 0.6) is 5.75 Å². The van der Waals surface area contributed by atoms with Crippen LogP contribution in [0.2, 0.25) is 0 Å². The van der Waals surface area contributed by atoms with Crippen molar-refractivity contribution < 1.29 is 14.3 Å². The van der Waals surface area contributed by atoms with Gasteiger partial charge in [0.2, 0.25) is 11.8 Å². The first kappa shape index (κ1) is 20.6. The lowest BCUT2D eigenvalue weighted by molar-refractivity contribution is -0.134. The summed E-state index contributed by atoms with van der Waals surface area (Å²) >= 11 is 0. The summed E-state index contributed by atoms with van der Waals surface area (Å²) in [5.74, 6) is 1.61. The summed E-state index contributed by atoms with van der Waals surface area (Å²) < 4.78 is 5.15. The van der Waals surface area contributed by atoms with Gasteiger partial charge < -0.3 is 15.0 Å². The zero-order valence-electron chi connectivity index (χ0n) is 17.3. The van der Waals surface area contributed by atoms with Crippen LogP contribution < -0.4 is 10.1 Å². The SMILES string of the molecule is COc1ccc(NC(=O)C2CCCN2CC(=O)N(C)C2CCC(C)CC2)cc1. The van der Waals surface area contributed by atoms with Crippen LogP contribution in [0.4, 0.5) is 5.69 Å². The lowest BCUT2D eigenvalue weighted by Gasteiger charge is -2.35. The average molecular weight is 388 g/mol. The number of likely N-dealkylation sites (tertiary alicyclic amines) is 1. The molecule has 6 heteroatoms. The Morgan fingerprint density at radius 3 is 2.46 bits per heavy atom. The minimum absolute atomic E-state index is 0.0374. The lowest BCUT2D eigenvalue weighted by Crippen LogP contribution is -2.48. The summed E-state index contributed by atoms with van der Waals surface area (Å²) in [6.45, 7) is 3.40. The number of likely N-dealkylation sites (N-methyl/N-ethyl adjacent to an activating group) is 1. The summed E-state index contributed by atoms with van der Waals surface area (Å²) in [6.07, 6.45) is 6.30. The molecule has 0 spiro atoms. The molecule has 1 unspecified atom stereocenters. The molecule has 0 radical (unpaired) electrons. The molecule has 1 aromatic carbocycles. The number of carbonyl (C=O) groups is 2. The molecule has 1 aromatic rings. The van der Waals surface area contributed by atoms with E-state index in [0.717, 1.165) is 49.6 Å². The van der Waals surface area contributed by atoms with Crippen molar-refractivity contribution in [2.45, 2.75) is 57.5 Å². The van der Waals surface area contributed by atoms with Gasteiger partial charge >= 0.3 is 0 Å². The van der Waals surface area contributed by atoms with E-state index >= 15 is 0 Å². The molecule has 1 saturated heterocycles. The Kier molecular flexibility index (Phi) is 6.94. The first-order valence-electron chi connectivity index (χ1n) is 10.4. The van der Waals surface area contributed by atoms with Crippen molar-refractivity contribution in [2.24, 2.45) is 5.92 Å². The normalized spacial score (nSPS) is 25.3. The average Bonchev–Trinajstić information content (AvgIpc) is 3.17. The van der Waals surface area contributed by atoms with Crippen molar-refractivity contribution in [3.63, 3.8) is 0 Å². The maximum absolute atomic E-state index is 12.8. The molecule has 2 fully saturated rings. The van der Waals surface area contributed by atoms with Crippen LogP contribution in [0, 0.1) is 5.92 Å². The third-order valence-corrected chi connectivity index (χ3v) is 6.29. The Labute approximate surface area is 168 Å². The summed E-state index contributed by atoms with van der Waals surface area (Å²) in [7, 11) is 3.54. The highest BCUT2D eigenvalue weighted by Crippen LogP contribution is 2.27. The summed E-state index contributed by atoms with van der Waals surface area (Å²) in [5.41, 5.74) is 0.748. The molecule has 0 bridgehead atoms. The van der Waals surface area contributed by atoms with E-state index in [-0.39, 0.29) is 17.9 Å². The van der Waals surface area contributed by atoms with Crippen molar-refractivity contribution >= 4 is 17.5 Å². The Morgan fingerprint density at radius 1 is 1.14 bits per heavy atom. The molecular formula is C22H33N3O3. The molecule has 0 aromatic heterocycles. The van der Waals surface area contributed by atoms with Gasteiger partial charge in [-0.2, -0.15) is 0 Å². The quantitative estimate of drug-likeness (QED) is 0.815. The Morgan fingerprint density at radius 2 is 1.82 bits per heavy atom. The third-order valence-electron chi connectivity index (χ3n) is 6.29. The van der Waals surface area contributed by atoms with Crippen LogP contribution in [0.25, 0.3) is 0 Å². The van der Waals surface area contributed by atoms with Crippen molar-refractivity contribution in [3.8, 4) is 5.75 Å². The summed E-state index contributed by atoms with van der Waals surface area (Å²) in [4.78, 5) is 29.5. The number of amides is 2. The van der Waals surface area contributed by atoms with Crippen molar-refractivity contribution in [1.29, 1.82) is 0 Å². The maximum atomic E-state index is 12.8. The van der Waals surface area contributed by atoms with E-state index in [1.54, 1.807) is 7.11 Å². The minimum Gasteiger partial charge on any atom is -0.497 e. The fourth-order valence-corrected chi connectivity index (χ4v) is 4.33. The number of ether oxygens (including phenoxy) is 1. The lowest BCUT2D eigenvalue weighted by atomic mass is 9.87. The molecule has 1 aliphatic carbocycles. The number of carbonyl (C=O) groups excluding carboxylic acids is 2. The van der Waals surface area contributed by atoms with Crippen LogP contribution in [-0.2, 0) is 9.59 Å². The third kappa shape index (κ3) is 5.04. The maximum Gasteiger partial charge on any atom is 0.241 e. The van der Waals surface area contributed by atoms with E-state index in [1.165, 1.54) is 12.8 Å². The van der Waals surface area contributed by atoms with Gasteiger partial charge in [-0.15, -0.1) is 0 Å². The smallest absolute Gasteiger partial charge is 0.241 e. The second-order valence-corrected chi connectivity index (χ2v) is 8.26. The largest absolute Gasteiger partial charge is 0.497 e. The van der Waals surface area contributed by atoms with Crippen LogP contribution in [0.15, 0.2) is 24.3 Å². The zero-order valence-corrected chi connectivity index (χ0v) is 17.3. The zero-order chi connectivity index (χ0) is 20.1. The van der Waals surface area contributed by atoms with Crippen molar-refractivity contribution in [1.82, 2.24) is 9.80 Å². The fourth-order valence-electron chi connectivity index (χ4n) is 4.33. The van der Waals surface area contributed by atoms with Crippen molar-refractivity contribution in [2.75, 3.05) is 32.6 Å². The number of nitrogens with one attached hydrogen (secondary N) is 1.